The minimum Gasteiger partial charge on any atom is -0.388 e. The Labute approximate surface area is 146 Å². The minimum absolute atomic E-state index is 0.0238. The lowest BCUT2D eigenvalue weighted by Gasteiger charge is -2.34. The van der Waals surface area contributed by atoms with Crippen LogP contribution in [0.15, 0.2) is 4.79 Å². The standard InChI is InChI=1S/C18H26N4O3/c1-10-12(11(2)19-16-15(10)17(24)20-21(16)5)9-14(23)22-8-6-7-13(22)18(3,4)25/h13,25H,6-9H2,1-5H3,(H,20,24). The molecule has 3 heterocycles. The van der Waals surface area contributed by atoms with E-state index in [2.05, 4.69) is 10.1 Å². The number of carbonyl (C=O) groups excluding carboxylic acids is 1. The van der Waals surface area contributed by atoms with Gasteiger partial charge in [0.05, 0.1) is 23.4 Å². The number of aryl methyl sites for hydroxylation is 3. The summed E-state index contributed by atoms with van der Waals surface area (Å²) >= 11 is 0. The summed E-state index contributed by atoms with van der Waals surface area (Å²) in [5.74, 6) is -0.0238. The Morgan fingerprint density at radius 1 is 1.40 bits per heavy atom. The molecule has 0 bridgehead atoms. The third kappa shape index (κ3) is 2.97. The van der Waals surface area contributed by atoms with Crippen molar-refractivity contribution in [2.75, 3.05) is 6.54 Å². The SMILES string of the molecule is Cc1nc2c(c(C)c1CC(=O)N1CCCC1C(C)(C)O)c(=O)[nH]n2C. The van der Waals surface area contributed by atoms with Crippen molar-refractivity contribution in [1.29, 1.82) is 0 Å². The van der Waals surface area contributed by atoms with Crippen LogP contribution in [0.2, 0.25) is 0 Å². The van der Waals surface area contributed by atoms with E-state index in [0.29, 0.717) is 17.6 Å². The van der Waals surface area contributed by atoms with Crippen molar-refractivity contribution in [2.24, 2.45) is 7.05 Å². The Bertz CT molecular complexity index is 888. The molecule has 1 fully saturated rings. The predicted octanol–water partition coefficient (Wildman–Crippen LogP) is 1.18. The Morgan fingerprint density at radius 3 is 2.72 bits per heavy atom. The highest BCUT2D eigenvalue weighted by Gasteiger charge is 2.38. The van der Waals surface area contributed by atoms with Gasteiger partial charge in [0.1, 0.15) is 0 Å². The molecule has 2 aromatic rings. The van der Waals surface area contributed by atoms with Gasteiger partial charge in [0, 0.05) is 19.3 Å². The first-order chi connectivity index (χ1) is 11.6. The van der Waals surface area contributed by atoms with Gasteiger partial charge in [-0.15, -0.1) is 0 Å². The topological polar surface area (TPSA) is 91.2 Å². The number of likely N-dealkylation sites (tertiary alicyclic amines) is 1. The fourth-order valence-corrected chi connectivity index (χ4v) is 3.96. The summed E-state index contributed by atoms with van der Waals surface area (Å²) in [6.07, 6.45) is 1.90. The molecule has 1 atom stereocenters. The highest BCUT2D eigenvalue weighted by atomic mass is 16.3. The van der Waals surface area contributed by atoms with Crippen LogP contribution in [0.25, 0.3) is 11.0 Å². The summed E-state index contributed by atoms with van der Waals surface area (Å²) in [4.78, 5) is 31.4. The smallest absolute Gasteiger partial charge is 0.273 e. The van der Waals surface area contributed by atoms with Crippen LogP contribution >= 0.6 is 0 Å². The number of fused-ring (bicyclic) bond motifs is 1. The first-order valence-corrected chi connectivity index (χ1v) is 8.68. The number of aliphatic hydroxyl groups is 1. The van der Waals surface area contributed by atoms with Crippen molar-refractivity contribution in [3.05, 3.63) is 27.2 Å². The molecular formula is C18H26N4O3. The lowest BCUT2D eigenvalue weighted by Crippen LogP contribution is -2.48. The van der Waals surface area contributed by atoms with Crippen LogP contribution in [0.4, 0.5) is 0 Å². The van der Waals surface area contributed by atoms with Crippen molar-refractivity contribution >= 4 is 16.9 Å². The average molecular weight is 346 g/mol. The van der Waals surface area contributed by atoms with E-state index in [1.165, 1.54) is 0 Å². The quantitative estimate of drug-likeness (QED) is 0.873. The van der Waals surface area contributed by atoms with E-state index < -0.39 is 5.60 Å². The minimum atomic E-state index is -0.922. The molecule has 1 aliphatic heterocycles. The predicted molar refractivity (Wildman–Crippen MR) is 95.5 cm³/mol. The first-order valence-electron chi connectivity index (χ1n) is 8.68. The summed E-state index contributed by atoms with van der Waals surface area (Å²) in [6, 6.07) is -0.169. The maximum atomic E-state index is 12.9. The van der Waals surface area contributed by atoms with Crippen LogP contribution < -0.4 is 5.56 Å². The number of nitrogens with zero attached hydrogens (tertiary/aromatic N) is 3. The second-order valence-electron chi connectivity index (χ2n) is 7.57. The number of amides is 1. The van der Waals surface area contributed by atoms with Crippen molar-refractivity contribution in [2.45, 2.75) is 58.6 Å². The van der Waals surface area contributed by atoms with Gasteiger partial charge in [-0.1, -0.05) is 0 Å². The van der Waals surface area contributed by atoms with E-state index in [4.69, 9.17) is 0 Å². The molecule has 1 amide bonds. The molecular weight excluding hydrogens is 320 g/mol. The molecule has 2 N–H and O–H groups in total. The number of hydrogen-bond acceptors (Lipinski definition) is 4. The highest BCUT2D eigenvalue weighted by molar-refractivity contribution is 5.85. The molecule has 0 saturated carbocycles. The largest absolute Gasteiger partial charge is 0.388 e. The van der Waals surface area contributed by atoms with Gasteiger partial charge < -0.3 is 10.0 Å². The molecule has 3 rings (SSSR count). The molecule has 1 unspecified atom stereocenters. The number of H-pyrrole nitrogens is 1. The van der Waals surface area contributed by atoms with Crippen molar-refractivity contribution in [1.82, 2.24) is 19.7 Å². The van der Waals surface area contributed by atoms with Gasteiger partial charge in [-0.05, 0) is 51.7 Å². The summed E-state index contributed by atoms with van der Waals surface area (Å²) < 4.78 is 1.61. The molecule has 0 radical (unpaired) electrons. The number of aromatic amines is 1. The van der Waals surface area contributed by atoms with E-state index in [1.54, 1.807) is 30.5 Å². The third-order valence-electron chi connectivity index (χ3n) is 5.29. The molecule has 0 spiro atoms. The second-order valence-corrected chi connectivity index (χ2v) is 7.57. The third-order valence-corrected chi connectivity index (χ3v) is 5.29. The number of carbonyl (C=O) groups is 1. The molecule has 1 saturated heterocycles. The average Bonchev–Trinajstić information content (AvgIpc) is 3.09. The zero-order valence-electron chi connectivity index (χ0n) is 15.5. The second kappa shape index (κ2) is 5.98. The van der Waals surface area contributed by atoms with Gasteiger partial charge in [-0.2, -0.15) is 0 Å². The molecule has 0 aliphatic carbocycles. The molecule has 25 heavy (non-hydrogen) atoms. The summed E-state index contributed by atoms with van der Waals surface area (Å²) in [5, 5.41) is 13.6. The lowest BCUT2D eigenvalue weighted by atomic mass is 9.95. The van der Waals surface area contributed by atoms with Crippen molar-refractivity contribution in [3.63, 3.8) is 0 Å². The maximum Gasteiger partial charge on any atom is 0.273 e. The fraction of sp³-hybridized carbons (Fsp3) is 0.611. The van der Waals surface area contributed by atoms with Gasteiger partial charge >= 0.3 is 0 Å². The monoisotopic (exact) mass is 346 g/mol. The normalized spacial score (nSPS) is 18.3. The molecule has 0 aromatic carbocycles. The number of pyridine rings is 1. The van der Waals surface area contributed by atoms with Gasteiger partial charge in [0.15, 0.2) is 5.65 Å². The van der Waals surface area contributed by atoms with E-state index in [9.17, 15) is 14.7 Å². The van der Waals surface area contributed by atoms with Crippen LogP contribution in [0.5, 0.6) is 0 Å². The van der Waals surface area contributed by atoms with Crippen LogP contribution in [0.3, 0.4) is 0 Å². The van der Waals surface area contributed by atoms with Crippen molar-refractivity contribution in [3.8, 4) is 0 Å². The van der Waals surface area contributed by atoms with Gasteiger partial charge in [-0.3, -0.25) is 19.4 Å². The Morgan fingerprint density at radius 2 is 2.08 bits per heavy atom. The summed E-state index contributed by atoms with van der Waals surface area (Å²) in [5.41, 5.74) is 1.85. The number of rotatable bonds is 3. The maximum absolute atomic E-state index is 12.9. The Hall–Kier alpha value is -2.15. The van der Waals surface area contributed by atoms with Crippen LogP contribution in [0, 0.1) is 13.8 Å². The zero-order chi connectivity index (χ0) is 18.5. The van der Waals surface area contributed by atoms with Crippen molar-refractivity contribution < 1.29 is 9.90 Å². The first kappa shape index (κ1) is 17.7. The van der Waals surface area contributed by atoms with Crippen LogP contribution in [-0.4, -0.2) is 48.9 Å². The van der Waals surface area contributed by atoms with Gasteiger partial charge in [-0.25, -0.2) is 4.98 Å². The number of hydrogen-bond donors (Lipinski definition) is 2. The summed E-state index contributed by atoms with van der Waals surface area (Å²) in [6.45, 7) is 7.89. The van der Waals surface area contributed by atoms with E-state index in [0.717, 1.165) is 29.7 Å². The highest BCUT2D eigenvalue weighted by Crippen LogP contribution is 2.28. The Balaban J connectivity index is 1.97. The molecule has 1 aliphatic rings. The van der Waals surface area contributed by atoms with Crippen LogP contribution in [0.1, 0.15) is 43.5 Å². The van der Waals surface area contributed by atoms with Gasteiger partial charge in [0.2, 0.25) is 5.91 Å². The van der Waals surface area contributed by atoms with Crippen LogP contribution in [-0.2, 0) is 18.3 Å². The molecule has 7 heteroatoms. The molecule has 2 aromatic heterocycles. The number of nitrogens with one attached hydrogen (secondary N) is 1. The summed E-state index contributed by atoms with van der Waals surface area (Å²) in [7, 11) is 1.75. The number of aromatic nitrogens is 3. The fourth-order valence-electron chi connectivity index (χ4n) is 3.96. The van der Waals surface area contributed by atoms with Gasteiger partial charge in [0.25, 0.3) is 5.56 Å². The van der Waals surface area contributed by atoms with E-state index in [1.807, 2.05) is 13.8 Å². The molecule has 7 nitrogen and oxygen atoms in total. The van der Waals surface area contributed by atoms with E-state index in [-0.39, 0.29) is 23.9 Å². The zero-order valence-corrected chi connectivity index (χ0v) is 15.5. The van der Waals surface area contributed by atoms with E-state index >= 15 is 0 Å². The lowest BCUT2D eigenvalue weighted by molar-refractivity contribution is -0.135. The molecule has 136 valence electrons. The Kier molecular flexibility index (Phi) is 4.23.